The highest BCUT2D eigenvalue weighted by Crippen LogP contribution is 2.36. The van der Waals surface area contributed by atoms with Crippen molar-refractivity contribution in [3.8, 4) is 11.5 Å². The highest BCUT2D eigenvalue weighted by molar-refractivity contribution is 9.10. The van der Waals surface area contributed by atoms with E-state index in [9.17, 15) is 31.1 Å². The summed E-state index contributed by atoms with van der Waals surface area (Å²) in [6.07, 6.45) is 0. The summed E-state index contributed by atoms with van der Waals surface area (Å²) in [6.45, 7) is 0. The van der Waals surface area contributed by atoms with Gasteiger partial charge in [-0.2, -0.15) is 0 Å². The van der Waals surface area contributed by atoms with E-state index in [1.807, 2.05) is 0 Å². The summed E-state index contributed by atoms with van der Waals surface area (Å²) in [6, 6.07) is 2.53. The molecule has 0 atom stereocenters. The van der Waals surface area contributed by atoms with Gasteiger partial charge in [0.1, 0.15) is 4.90 Å². The summed E-state index contributed by atoms with van der Waals surface area (Å²) in [4.78, 5) is -2.56. The minimum Gasteiger partial charge on any atom is -0.504 e. The Labute approximate surface area is 136 Å². The van der Waals surface area contributed by atoms with E-state index < -0.39 is 53.1 Å². The first kappa shape index (κ1) is 17.5. The van der Waals surface area contributed by atoms with Crippen LogP contribution in [0, 0.1) is 23.3 Å². The van der Waals surface area contributed by atoms with Crippen molar-refractivity contribution in [1.82, 2.24) is 0 Å². The van der Waals surface area contributed by atoms with Gasteiger partial charge in [-0.05, 0) is 28.1 Å². The fraction of sp³-hybridized carbons (Fsp3) is 0.0769. The number of halogens is 5. The third kappa shape index (κ3) is 2.76. The molecule has 0 amide bonds. The van der Waals surface area contributed by atoms with E-state index in [0.29, 0.717) is 6.07 Å². The molecule has 0 bridgehead atoms. The normalized spacial score (nSPS) is 11.6. The second-order valence-electron chi connectivity index (χ2n) is 4.24. The number of aromatic hydroxyl groups is 1. The Kier molecular flexibility index (Phi) is 4.58. The SMILES string of the molecule is COc1ccc(S(=O)(=O)c2c(F)c(F)c(Br)c(F)c2F)cc1O. The zero-order valence-electron chi connectivity index (χ0n) is 11.2. The lowest BCUT2D eigenvalue weighted by Crippen LogP contribution is -2.12. The molecule has 23 heavy (non-hydrogen) atoms. The van der Waals surface area contributed by atoms with Gasteiger partial charge in [0.2, 0.25) is 9.84 Å². The smallest absolute Gasteiger partial charge is 0.212 e. The molecule has 0 radical (unpaired) electrons. The van der Waals surface area contributed by atoms with E-state index in [1.165, 1.54) is 7.11 Å². The zero-order valence-corrected chi connectivity index (χ0v) is 13.6. The van der Waals surface area contributed by atoms with Gasteiger partial charge in [0.25, 0.3) is 0 Å². The largest absolute Gasteiger partial charge is 0.504 e. The molecule has 0 aromatic heterocycles. The number of ether oxygens (including phenoxy) is 1. The summed E-state index contributed by atoms with van der Waals surface area (Å²) in [5, 5.41) is 9.56. The first-order valence-corrected chi connectivity index (χ1v) is 8.04. The number of rotatable bonds is 3. The zero-order chi connectivity index (χ0) is 17.5. The molecule has 0 spiro atoms. The Morgan fingerprint density at radius 3 is 2.00 bits per heavy atom. The number of methoxy groups -OCH3 is 1. The minimum atomic E-state index is -4.98. The summed E-state index contributed by atoms with van der Waals surface area (Å²) in [5.41, 5.74) is 0. The van der Waals surface area contributed by atoms with Crippen molar-refractivity contribution in [3.63, 3.8) is 0 Å². The third-order valence-corrected chi connectivity index (χ3v) is 5.37. The van der Waals surface area contributed by atoms with Crippen LogP contribution < -0.4 is 4.74 Å². The van der Waals surface area contributed by atoms with Crippen molar-refractivity contribution in [3.05, 3.63) is 45.9 Å². The molecule has 2 rings (SSSR count). The Morgan fingerprint density at radius 1 is 1.04 bits per heavy atom. The van der Waals surface area contributed by atoms with Crippen LogP contribution in [0.25, 0.3) is 0 Å². The van der Waals surface area contributed by atoms with Crippen molar-refractivity contribution in [2.24, 2.45) is 0 Å². The van der Waals surface area contributed by atoms with E-state index in [0.717, 1.165) is 12.1 Å². The highest BCUT2D eigenvalue weighted by Gasteiger charge is 2.34. The van der Waals surface area contributed by atoms with Crippen molar-refractivity contribution >= 4 is 25.8 Å². The predicted molar refractivity (Wildman–Crippen MR) is 74.1 cm³/mol. The van der Waals surface area contributed by atoms with E-state index >= 15 is 0 Å². The number of sulfone groups is 1. The quantitative estimate of drug-likeness (QED) is 0.473. The molecule has 10 heteroatoms. The molecule has 1 N–H and O–H groups in total. The van der Waals surface area contributed by atoms with Crippen LogP contribution in [-0.4, -0.2) is 20.6 Å². The first-order valence-electron chi connectivity index (χ1n) is 5.76. The predicted octanol–water partition coefficient (Wildman–Crippen LogP) is 3.55. The first-order chi connectivity index (χ1) is 10.6. The Hall–Kier alpha value is -1.81. The maximum atomic E-state index is 13.9. The lowest BCUT2D eigenvalue weighted by atomic mass is 10.3. The molecule has 4 nitrogen and oxygen atoms in total. The summed E-state index contributed by atoms with van der Waals surface area (Å²) in [5.74, 6) is -8.66. The van der Waals surface area contributed by atoms with Crippen LogP contribution in [-0.2, 0) is 9.84 Å². The van der Waals surface area contributed by atoms with Crippen LogP contribution in [0.15, 0.2) is 32.5 Å². The van der Waals surface area contributed by atoms with Gasteiger partial charge < -0.3 is 9.84 Å². The van der Waals surface area contributed by atoms with Crippen molar-refractivity contribution in [2.75, 3.05) is 7.11 Å². The monoisotopic (exact) mass is 414 g/mol. The third-order valence-electron chi connectivity index (χ3n) is 2.90. The number of hydrogen-bond acceptors (Lipinski definition) is 4. The van der Waals surface area contributed by atoms with E-state index in [4.69, 9.17) is 4.74 Å². The van der Waals surface area contributed by atoms with Crippen LogP contribution in [0.2, 0.25) is 0 Å². The topological polar surface area (TPSA) is 63.6 Å². The average molecular weight is 415 g/mol. The Balaban J connectivity index is 2.78. The van der Waals surface area contributed by atoms with Crippen LogP contribution in [0.5, 0.6) is 11.5 Å². The number of hydrogen-bond donors (Lipinski definition) is 1. The molecular formula is C13H7BrF4O4S. The van der Waals surface area contributed by atoms with Gasteiger partial charge in [0.05, 0.1) is 16.5 Å². The molecule has 124 valence electrons. The molecule has 0 heterocycles. The maximum absolute atomic E-state index is 13.9. The molecule has 0 saturated heterocycles. The molecule has 2 aromatic carbocycles. The van der Waals surface area contributed by atoms with Crippen molar-refractivity contribution < 1.29 is 35.8 Å². The second kappa shape index (κ2) is 6.00. The van der Waals surface area contributed by atoms with Crippen molar-refractivity contribution in [1.29, 1.82) is 0 Å². The van der Waals surface area contributed by atoms with E-state index in [2.05, 4.69) is 15.9 Å². The lowest BCUT2D eigenvalue weighted by Gasteiger charge is -2.11. The van der Waals surface area contributed by atoms with Crippen LogP contribution in [0.1, 0.15) is 0 Å². The lowest BCUT2D eigenvalue weighted by molar-refractivity contribution is 0.372. The van der Waals surface area contributed by atoms with Gasteiger partial charge in [-0.15, -0.1) is 0 Å². The van der Waals surface area contributed by atoms with E-state index in [1.54, 1.807) is 0 Å². The fourth-order valence-corrected chi connectivity index (χ4v) is 3.52. The van der Waals surface area contributed by atoms with Gasteiger partial charge in [0, 0.05) is 6.07 Å². The highest BCUT2D eigenvalue weighted by atomic mass is 79.9. The van der Waals surface area contributed by atoms with Gasteiger partial charge in [-0.3, -0.25) is 0 Å². The molecule has 0 saturated carbocycles. The number of phenols is 1. The number of benzene rings is 2. The molecule has 0 aliphatic rings. The number of phenolic OH excluding ortho intramolecular Hbond substituents is 1. The van der Waals surface area contributed by atoms with Crippen molar-refractivity contribution in [2.45, 2.75) is 9.79 Å². The Morgan fingerprint density at radius 2 is 1.57 bits per heavy atom. The average Bonchev–Trinajstić information content (AvgIpc) is 2.50. The molecule has 0 unspecified atom stereocenters. The second-order valence-corrected chi connectivity index (χ2v) is 6.92. The van der Waals surface area contributed by atoms with Crippen LogP contribution in [0.3, 0.4) is 0 Å². The molecule has 0 aliphatic heterocycles. The summed E-state index contributed by atoms with van der Waals surface area (Å²) >= 11 is 2.29. The van der Waals surface area contributed by atoms with Gasteiger partial charge in [-0.25, -0.2) is 26.0 Å². The fourth-order valence-electron chi connectivity index (χ4n) is 1.78. The maximum Gasteiger partial charge on any atom is 0.212 e. The molecule has 0 aliphatic carbocycles. The van der Waals surface area contributed by atoms with Gasteiger partial charge in [-0.1, -0.05) is 0 Å². The summed E-state index contributed by atoms with van der Waals surface area (Å²) in [7, 11) is -3.78. The molecular weight excluding hydrogens is 408 g/mol. The van der Waals surface area contributed by atoms with Crippen LogP contribution >= 0.6 is 15.9 Å². The van der Waals surface area contributed by atoms with E-state index in [-0.39, 0.29) is 5.75 Å². The minimum absolute atomic E-state index is 0.0990. The Bertz CT molecular complexity index is 870. The molecule has 2 aromatic rings. The van der Waals surface area contributed by atoms with Gasteiger partial charge in [0.15, 0.2) is 34.8 Å². The van der Waals surface area contributed by atoms with Gasteiger partial charge >= 0.3 is 0 Å². The molecule has 0 fully saturated rings. The summed E-state index contributed by atoms with van der Waals surface area (Å²) < 4.78 is 82.8. The standard InChI is InChI=1S/C13H7BrF4O4S/c1-22-7-3-2-5(4-6(7)19)23(20,21)13-11(17)9(15)8(14)10(16)12(13)18/h2-4,19H,1H3. The van der Waals surface area contributed by atoms with Crippen LogP contribution in [0.4, 0.5) is 17.6 Å².